The van der Waals surface area contributed by atoms with E-state index in [0.29, 0.717) is 58.1 Å². The molecule has 3 aromatic carbocycles. The van der Waals surface area contributed by atoms with Gasteiger partial charge in [0.05, 0.1) is 40.4 Å². The topological polar surface area (TPSA) is 129 Å². The van der Waals surface area contributed by atoms with Gasteiger partial charge in [0.2, 0.25) is 5.91 Å². The zero-order valence-corrected chi connectivity index (χ0v) is 24.6. The fraction of sp³-hybridized carbons (Fsp3) is 0.219. The van der Waals surface area contributed by atoms with E-state index in [1.54, 1.807) is 53.8 Å². The van der Waals surface area contributed by atoms with Crippen LogP contribution in [-0.2, 0) is 17.6 Å². The molecule has 5 aromatic rings. The summed E-state index contributed by atoms with van der Waals surface area (Å²) >= 11 is 0. The first-order valence-corrected chi connectivity index (χ1v) is 13.5. The van der Waals surface area contributed by atoms with Crippen molar-refractivity contribution >= 4 is 28.4 Å². The Morgan fingerprint density at radius 3 is 2.16 bits per heavy atom. The second-order valence-electron chi connectivity index (χ2n) is 9.55. The standard InChI is InChI=1S/C32H33N5O6/c1-33-31-23(14-20-8-11-26(39-2)27(15-20)40-3)32(37-36-31)35-30(38)16-19-6-9-21(10-7-19)43-25-12-13-34-24-18-29(42-5)28(41-4)17-22(24)25/h6-13,15,17-18H,14,16H2,1-5H3,(H3,33,35,36,37,38). The summed E-state index contributed by atoms with van der Waals surface area (Å²) in [7, 11) is 8.14. The van der Waals surface area contributed by atoms with Crippen LogP contribution in [0.1, 0.15) is 16.7 Å². The number of ether oxygens (including phenoxy) is 5. The summed E-state index contributed by atoms with van der Waals surface area (Å²) in [6, 6.07) is 18.5. The Balaban J connectivity index is 1.27. The molecule has 11 heteroatoms. The monoisotopic (exact) mass is 583 g/mol. The van der Waals surface area contributed by atoms with Crippen molar-refractivity contribution in [3.8, 4) is 34.5 Å². The molecule has 5 rings (SSSR count). The molecule has 0 spiro atoms. The van der Waals surface area contributed by atoms with E-state index < -0.39 is 0 Å². The van der Waals surface area contributed by atoms with Crippen LogP contribution in [-0.4, -0.2) is 56.6 Å². The Morgan fingerprint density at radius 1 is 0.791 bits per heavy atom. The SMILES string of the molecule is CNc1n[nH]c(NC(=O)Cc2ccc(Oc3ccnc4cc(OC)c(OC)cc34)cc2)c1Cc1ccc(OC)c(OC)c1. The van der Waals surface area contributed by atoms with Gasteiger partial charge >= 0.3 is 0 Å². The number of hydrogen-bond donors (Lipinski definition) is 3. The molecule has 0 saturated heterocycles. The number of amides is 1. The number of hydrogen-bond acceptors (Lipinski definition) is 9. The third kappa shape index (κ3) is 6.40. The molecule has 0 bridgehead atoms. The van der Waals surface area contributed by atoms with Crippen molar-refractivity contribution in [1.82, 2.24) is 15.2 Å². The number of anilines is 2. The van der Waals surface area contributed by atoms with Crippen molar-refractivity contribution in [3.05, 3.63) is 83.6 Å². The van der Waals surface area contributed by atoms with E-state index in [-0.39, 0.29) is 12.3 Å². The Bertz CT molecular complexity index is 1740. The van der Waals surface area contributed by atoms with Gasteiger partial charge < -0.3 is 34.3 Å². The molecule has 0 fully saturated rings. The maximum Gasteiger partial charge on any atom is 0.229 e. The third-order valence-electron chi connectivity index (χ3n) is 6.92. The number of aromatic amines is 1. The van der Waals surface area contributed by atoms with Gasteiger partial charge in [-0.05, 0) is 47.5 Å². The summed E-state index contributed by atoms with van der Waals surface area (Å²) in [6.07, 6.45) is 2.35. The molecule has 0 unspecified atom stereocenters. The highest BCUT2D eigenvalue weighted by Gasteiger charge is 2.17. The maximum absolute atomic E-state index is 13.0. The Labute approximate surface area is 249 Å². The van der Waals surface area contributed by atoms with Gasteiger partial charge in [0.15, 0.2) is 28.8 Å². The van der Waals surface area contributed by atoms with Crippen LogP contribution in [0.5, 0.6) is 34.5 Å². The lowest BCUT2D eigenvalue weighted by Crippen LogP contribution is -2.16. The normalized spacial score (nSPS) is 10.7. The van der Waals surface area contributed by atoms with Crippen LogP contribution in [0, 0.1) is 0 Å². The summed E-state index contributed by atoms with van der Waals surface area (Å²) in [5.41, 5.74) is 3.34. The first kappa shape index (κ1) is 29.1. The van der Waals surface area contributed by atoms with E-state index in [4.69, 9.17) is 23.7 Å². The van der Waals surface area contributed by atoms with Gasteiger partial charge in [-0.2, -0.15) is 5.10 Å². The van der Waals surface area contributed by atoms with E-state index in [1.807, 2.05) is 48.5 Å². The molecular formula is C32H33N5O6. The molecule has 0 aliphatic rings. The summed E-state index contributed by atoms with van der Waals surface area (Å²) in [5, 5.41) is 14.1. The van der Waals surface area contributed by atoms with E-state index in [9.17, 15) is 4.79 Å². The number of carbonyl (C=O) groups excluding carboxylic acids is 1. The largest absolute Gasteiger partial charge is 0.493 e. The highest BCUT2D eigenvalue weighted by atomic mass is 16.5. The smallest absolute Gasteiger partial charge is 0.229 e. The minimum Gasteiger partial charge on any atom is -0.493 e. The first-order valence-electron chi connectivity index (χ1n) is 13.5. The number of rotatable bonds is 12. The van der Waals surface area contributed by atoms with Crippen LogP contribution in [0.4, 0.5) is 11.6 Å². The van der Waals surface area contributed by atoms with E-state index in [2.05, 4.69) is 25.8 Å². The lowest BCUT2D eigenvalue weighted by Gasteiger charge is -2.13. The van der Waals surface area contributed by atoms with Crippen LogP contribution < -0.4 is 34.3 Å². The average molecular weight is 584 g/mol. The highest BCUT2D eigenvalue weighted by molar-refractivity contribution is 5.93. The minimum atomic E-state index is -0.185. The number of methoxy groups -OCH3 is 4. The van der Waals surface area contributed by atoms with Gasteiger partial charge in [-0.1, -0.05) is 18.2 Å². The van der Waals surface area contributed by atoms with Crippen molar-refractivity contribution in [2.24, 2.45) is 0 Å². The van der Waals surface area contributed by atoms with Gasteiger partial charge in [-0.15, -0.1) is 0 Å². The summed E-state index contributed by atoms with van der Waals surface area (Å²) in [6.45, 7) is 0. The summed E-state index contributed by atoms with van der Waals surface area (Å²) < 4.78 is 27.8. The Kier molecular flexibility index (Phi) is 8.80. The zero-order chi connectivity index (χ0) is 30.3. The number of fused-ring (bicyclic) bond motifs is 1. The molecule has 3 N–H and O–H groups in total. The molecule has 0 radical (unpaired) electrons. The molecule has 2 heterocycles. The quantitative estimate of drug-likeness (QED) is 0.172. The molecule has 0 saturated carbocycles. The van der Waals surface area contributed by atoms with E-state index in [1.165, 1.54) is 0 Å². The molecule has 43 heavy (non-hydrogen) atoms. The lowest BCUT2D eigenvalue weighted by molar-refractivity contribution is -0.115. The van der Waals surface area contributed by atoms with Gasteiger partial charge in [-0.3, -0.25) is 14.9 Å². The van der Waals surface area contributed by atoms with Crippen LogP contribution in [0.3, 0.4) is 0 Å². The Hall–Kier alpha value is -5.45. The van der Waals surface area contributed by atoms with E-state index in [0.717, 1.165) is 22.1 Å². The van der Waals surface area contributed by atoms with Gasteiger partial charge in [0.1, 0.15) is 17.3 Å². The van der Waals surface area contributed by atoms with Crippen LogP contribution in [0.15, 0.2) is 66.9 Å². The number of carbonyl (C=O) groups is 1. The fourth-order valence-electron chi connectivity index (χ4n) is 4.75. The second-order valence-corrected chi connectivity index (χ2v) is 9.55. The van der Waals surface area contributed by atoms with Crippen molar-refractivity contribution in [3.63, 3.8) is 0 Å². The number of aromatic nitrogens is 3. The summed E-state index contributed by atoms with van der Waals surface area (Å²) in [5.74, 6) is 4.68. The third-order valence-corrected chi connectivity index (χ3v) is 6.92. The van der Waals surface area contributed by atoms with Crippen LogP contribution >= 0.6 is 0 Å². The highest BCUT2D eigenvalue weighted by Crippen LogP contribution is 2.37. The van der Waals surface area contributed by atoms with Gasteiger partial charge in [-0.25, -0.2) is 0 Å². The first-order chi connectivity index (χ1) is 21.0. The molecule has 2 aromatic heterocycles. The summed E-state index contributed by atoms with van der Waals surface area (Å²) in [4.78, 5) is 17.4. The van der Waals surface area contributed by atoms with E-state index >= 15 is 0 Å². The molecular weight excluding hydrogens is 550 g/mol. The number of benzene rings is 3. The molecule has 0 aliphatic heterocycles. The van der Waals surface area contributed by atoms with Gasteiger partial charge in [0.25, 0.3) is 0 Å². The predicted molar refractivity (Wildman–Crippen MR) is 164 cm³/mol. The maximum atomic E-state index is 13.0. The predicted octanol–water partition coefficient (Wildman–Crippen LogP) is 5.60. The number of nitrogens with one attached hydrogen (secondary N) is 3. The molecule has 11 nitrogen and oxygen atoms in total. The van der Waals surface area contributed by atoms with Crippen LogP contribution in [0.2, 0.25) is 0 Å². The fourth-order valence-corrected chi connectivity index (χ4v) is 4.75. The average Bonchev–Trinajstić information content (AvgIpc) is 3.41. The zero-order valence-electron chi connectivity index (χ0n) is 24.6. The molecule has 0 aliphatic carbocycles. The second kappa shape index (κ2) is 13.0. The molecule has 0 atom stereocenters. The number of pyridine rings is 1. The van der Waals surface area contributed by atoms with Crippen molar-refractivity contribution in [2.45, 2.75) is 12.8 Å². The van der Waals surface area contributed by atoms with Crippen molar-refractivity contribution in [2.75, 3.05) is 46.1 Å². The lowest BCUT2D eigenvalue weighted by atomic mass is 10.1. The number of H-pyrrole nitrogens is 1. The Morgan fingerprint density at radius 2 is 1.47 bits per heavy atom. The molecule has 1 amide bonds. The number of nitrogens with zero attached hydrogens (tertiary/aromatic N) is 2. The van der Waals surface area contributed by atoms with Crippen molar-refractivity contribution in [1.29, 1.82) is 0 Å². The van der Waals surface area contributed by atoms with Crippen molar-refractivity contribution < 1.29 is 28.5 Å². The molecule has 222 valence electrons. The van der Waals surface area contributed by atoms with Crippen LogP contribution in [0.25, 0.3) is 10.9 Å². The minimum absolute atomic E-state index is 0.166. The van der Waals surface area contributed by atoms with Gasteiger partial charge in [0, 0.05) is 36.7 Å².